The van der Waals surface area contributed by atoms with Crippen LogP contribution in [-0.2, 0) is 0 Å². The first-order chi connectivity index (χ1) is 12.2. The van der Waals surface area contributed by atoms with Gasteiger partial charge in [0.25, 0.3) is 0 Å². The van der Waals surface area contributed by atoms with E-state index in [2.05, 4.69) is 66.8 Å². The van der Waals surface area contributed by atoms with Crippen LogP contribution in [0.2, 0.25) is 0 Å². The first-order valence-corrected chi connectivity index (χ1v) is 8.54. The van der Waals surface area contributed by atoms with Crippen molar-refractivity contribution >= 4 is 5.57 Å². The Morgan fingerprint density at radius 1 is 0.840 bits per heavy atom. The average Bonchev–Trinajstić information content (AvgIpc) is 2.67. The summed E-state index contributed by atoms with van der Waals surface area (Å²) in [7, 11) is 0. The van der Waals surface area contributed by atoms with Crippen molar-refractivity contribution in [1.82, 2.24) is 5.32 Å². The van der Waals surface area contributed by atoms with Gasteiger partial charge in [0, 0.05) is 12.6 Å². The predicted octanol–water partition coefficient (Wildman–Crippen LogP) is 5.61. The van der Waals surface area contributed by atoms with E-state index in [-0.39, 0.29) is 11.9 Å². The molecule has 0 aliphatic rings. The van der Waals surface area contributed by atoms with E-state index in [0.29, 0.717) is 0 Å². The third-order valence-electron chi connectivity index (χ3n) is 4.27. The maximum Gasteiger partial charge on any atom is 0.123 e. The Bertz CT molecular complexity index is 766. The Labute approximate surface area is 148 Å². The van der Waals surface area contributed by atoms with Gasteiger partial charge in [-0.2, -0.15) is 0 Å². The van der Waals surface area contributed by atoms with Crippen LogP contribution in [0.15, 0.2) is 91.0 Å². The number of benzene rings is 3. The molecule has 0 bridgehead atoms. The number of hydrogen-bond acceptors (Lipinski definition) is 1. The van der Waals surface area contributed by atoms with Crippen LogP contribution in [0.1, 0.15) is 29.7 Å². The molecule has 0 heterocycles. The molecule has 0 radical (unpaired) electrons. The van der Waals surface area contributed by atoms with Gasteiger partial charge in [-0.05, 0) is 41.3 Å². The van der Waals surface area contributed by atoms with Crippen LogP contribution in [0.3, 0.4) is 0 Å². The molecule has 2 heteroatoms. The van der Waals surface area contributed by atoms with Crippen molar-refractivity contribution in [3.63, 3.8) is 0 Å². The highest BCUT2D eigenvalue weighted by Gasteiger charge is 2.06. The lowest BCUT2D eigenvalue weighted by molar-refractivity contribution is 0.606. The van der Waals surface area contributed by atoms with Gasteiger partial charge in [0.15, 0.2) is 0 Å². The number of hydrogen-bond donors (Lipinski definition) is 1. The van der Waals surface area contributed by atoms with Crippen LogP contribution in [-0.4, -0.2) is 6.54 Å². The third-order valence-corrected chi connectivity index (χ3v) is 4.27. The zero-order valence-corrected chi connectivity index (χ0v) is 14.3. The number of nitrogens with one attached hydrogen (secondary N) is 1. The van der Waals surface area contributed by atoms with Crippen molar-refractivity contribution in [2.45, 2.75) is 13.0 Å². The standard InChI is InChI=1S/C23H22FN/c1-18(19-12-14-22(24)15-13-19)25-17-16-23(20-8-4-2-5-9-20)21-10-6-3-7-11-21/h2-16,18,25H,17H2,1H3. The minimum Gasteiger partial charge on any atom is -0.307 e. The van der Waals surface area contributed by atoms with Crippen molar-refractivity contribution in [3.8, 4) is 0 Å². The summed E-state index contributed by atoms with van der Waals surface area (Å²) in [5.41, 5.74) is 4.69. The molecule has 0 fully saturated rings. The lowest BCUT2D eigenvalue weighted by Gasteiger charge is -2.14. The molecule has 0 saturated heterocycles. The molecule has 25 heavy (non-hydrogen) atoms. The fraction of sp³-hybridized carbons (Fsp3) is 0.130. The van der Waals surface area contributed by atoms with Gasteiger partial charge in [0.1, 0.15) is 5.82 Å². The summed E-state index contributed by atoms with van der Waals surface area (Å²) in [6.45, 7) is 2.82. The quantitative estimate of drug-likeness (QED) is 0.619. The monoisotopic (exact) mass is 331 g/mol. The minimum atomic E-state index is -0.203. The van der Waals surface area contributed by atoms with Gasteiger partial charge >= 0.3 is 0 Å². The molecular formula is C23H22FN. The summed E-state index contributed by atoms with van der Waals surface area (Å²) in [5.74, 6) is -0.203. The minimum absolute atomic E-state index is 0.157. The number of halogens is 1. The summed E-state index contributed by atoms with van der Waals surface area (Å²) >= 11 is 0. The zero-order valence-electron chi connectivity index (χ0n) is 14.3. The molecule has 3 aromatic carbocycles. The summed E-state index contributed by atoms with van der Waals surface area (Å²) in [4.78, 5) is 0. The molecule has 1 N–H and O–H groups in total. The second-order valence-electron chi connectivity index (χ2n) is 6.03. The van der Waals surface area contributed by atoms with E-state index in [1.807, 2.05) is 24.3 Å². The van der Waals surface area contributed by atoms with Gasteiger partial charge in [-0.15, -0.1) is 0 Å². The van der Waals surface area contributed by atoms with Crippen LogP contribution in [0, 0.1) is 5.82 Å². The maximum absolute atomic E-state index is 13.1. The van der Waals surface area contributed by atoms with Gasteiger partial charge in [-0.3, -0.25) is 0 Å². The lowest BCUT2D eigenvalue weighted by Crippen LogP contribution is -2.18. The molecule has 0 aliphatic carbocycles. The van der Waals surface area contributed by atoms with Crippen LogP contribution >= 0.6 is 0 Å². The van der Waals surface area contributed by atoms with E-state index < -0.39 is 0 Å². The fourth-order valence-corrected chi connectivity index (χ4v) is 2.84. The van der Waals surface area contributed by atoms with Crippen molar-refractivity contribution in [2.75, 3.05) is 6.54 Å². The molecule has 0 saturated carbocycles. The second kappa shape index (κ2) is 8.41. The molecule has 1 atom stereocenters. The normalized spacial score (nSPS) is 11.8. The number of rotatable bonds is 6. The van der Waals surface area contributed by atoms with Crippen LogP contribution in [0.4, 0.5) is 4.39 Å². The first kappa shape index (κ1) is 17.1. The highest BCUT2D eigenvalue weighted by atomic mass is 19.1. The predicted molar refractivity (Wildman–Crippen MR) is 103 cm³/mol. The van der Waals surface area contributed by atoms with E-state index in [1.54, 1.807) is 0 Å². The van der Waals surface area contributed by atoms with E-state index in [0.717, 1.165) is 12.1 Å². The topological polar surface area (TPSA) is 12.0 Å². The van der Waals surface area contributed by atoms with Crippen LogP contribution in [0.5, 0.6) is 0 Å². The highest BCUT2D eigenvalue weighted by molar-refractivity contribution is 5.79. The molecule has 0 spiro atoms. The molecule has 1 nitrogen and oxygen atoms in total. The summed E-state index contributed by atoms with van der Waals surface area (Å²) in [6, 6.07) is 27.6. The molecule has 0 amide bonds. The van der Waals surface area contributed by atoms with Crippen LogP contribution in [0.25, 0.3) is 5.57 Å². The second-order valence-corrected chi connectivity index (χ2v) is 6.03. The smallest absolute Gasteiger partial charge is 0.123 e. The summed E-state index contributed by atoms with van der Waals surface area (Å²) in [5, 5.41) is 3.49. The van der Waals surface area contributed by atoms with Gasteiger partial charge in [-0.1, -0.05) is 78.9 Å². The van der Waals surface area contributed by atoms with Crippen molar-refractivity contribution in [3.05, 3.63) is 114 Å². The maximum atomic E-state index is 13.1. The SMILES string of the molecule is CC(NCC=C(c1ccccc1)c1ccccc1)c1ccc(F)cc1. The van der Waals surface area contributed by atoms with Gasteiger partial charge < -0.3 is 5.32 Å². The Morgan fingerprint density at radius 3 is 1.88 bits per heavy atom. The Balaban J connectivity index is 1.76. The molecule has 3 rings (SSSR count). The van der Waals surface area contributed by atoms with Crippen molar-refractivity contribution < 1.29 is 4.39 Å². The zero-order chi connectivity index (χ0) is 17.5. The van der Waals surface area contributed by atoms with Crippen molar-refractivity contribution in [1.29, 1.82) is 0 Å². The van der Waals surface area contributed by atoms with Crippen LogP contribution < -0.4 is 5.32 Å². The summed E-state index contributed by atoms with van der Waals surface area (Å²) in [6.07, 6.45) is 2.21. The molecule has 3 aromatic rings. The van der Waals surface area contributed by atoms with Gasteiger partial charge in [-0.25, -0.2) is 4.39 Å². The van der Waals surface area contributed by atoms with Gasteiger partial charge in [0.05, 0.1) is 0 Å². The van der Waals surface area contributed by atoms with E-state index in [9.17, 15) is 4.39 Å². The van der Waals surface area contributed by atoms with E-state index in [1.165, 1.54) is 28.8 Å². The van der Waals surface area contributed by atoms with Gasteiger partial charge in [0.2, 0.25) is 0 Å². The Kier molecular flexibility index (Phi) is 5.76. The molecule has 126 valence electrons. The van der Waals surface area contributed by atoms with Crippen molar-refractivity contribution in [2.24, 2.45) is 0 Å². The highest BCUT2D eigenvalue weighted by Crippen LogP contribution is 2.23. The lowest BCUT2D eigenvalue weighted by atomic mass is 9.97. The first-order valence-electron chi connectivity index (χ1n) is 8.54. The molecule has 0 aliphatic heterocycles. The Hall–Kier alpha value is -2.71. The van der Waals surface area contributed by atoms with E-state index >= 15 is 0 Å². The molecular weight excluding hydrogens is 309 g/mol. The largest absolute Gasteiger partial charge is 0.307 e. The summed E-state index contributed by atoms with van der Waals surface area (Å²) < 4.78 is 13.1. The third kappa shape index (κ3) is 4.65. The average molecular weight is 331 g/mol. The van der Waals surface area contributed by atoms with E-state index in [4.69, 9.17) is 0 Å². The fourth-order valence-electron chi connectivity index (χ4n) is 2.84. The Morgan fingerprint density at radius 2 is 1.36 bits per heavy atom. The molecule has 1 unspecified atom stereocenters. The molecule has 0 aromatic heterocycles.